The van der Waals surface area contributed by atoms with Crippen LogP contribution in [0, 0.1) is 13.8 Å². The van der Waals surface area contributed by atoms with Crippen molar-refractivity contribution in [3.63, 3.8) is 0 Å². The maximum absolute atomic E-state index is 12.1. The molecule has 0 fully saturated rings. The largest absolute Gasteiger partial charge is 1.00 e. The van der Waals surface area contributed by atoms with Gasteiger partial charge in [-0.25, -0.2) is 9.13 Å². The van der Waals surface area contributed by atoms with E-state index in [0.29, 0.717) is 6.54 Å². The Morgan fingerprint density at radius 1 is 1.28 bits per heavy atom. The van der Waals surface area contributed by atoms with Crippen LogP contribution in [0.15, 0.2) is 36.9 Å². The van der Waals surface area contributed by atoms with Crippen LogP contribution in [0.4, 0.5) is 0 Å². The highest BCUT2D eigenvalue weighted by Gasteiger charge is 2.11. The number of carbonyl (C=O) groups is 1. The summed E-state index contributed by atoms with van der Waals surface area (Å²) >= 11 is 0. The van der Waals surface area contributed by atoms with Gasteiger partial charge < -0.3 is 17.0 Å². The Labute approximate surface area is 118 Å². The van der Waals surface area contributed by atoms with Crippen molar-refractivity contribution in [2.45, 2.75) is 20.4 Å². The molecule has 0 spiro atoms. The second kappa shape index (κ2) is 5.96. The third kappa shape index (κ3) is 3.29. The van der Waals surface area contributed by atoms with E-state index in [1.807, 2.05) is 60.0 Å². The Balaban J connectivity index is 0.00000162. The molecule has 2 rings (SSSR count). The maximum atomic E-state index is 12.1. The minimum Gasteiger partial charge on any atom is -1.00 e. The summed E-state index contributed by atoms with van der Waals surface area (Å²) in [7, 11) is 1.94. The highest BCUT2D eigenvalue weighted by Crippen LogP contribution is 2.10. The van der Waals surface area contributed by atoms with Gasteiger partial charge in [-0.2, -0.15) is 0 Å². The molecule has 96 valence electrons. The molecule has 0 aliphatic carbocycles. The number of benzene rings is 1. The molecule has 0 amide bonds. The monoisotopic (exact) mass is 308 g/mol. The number of hydrogen-bond donors (Lipinski definition) is 0. The topological polar surface area (TPSA) is 25.9 Å². The normalized spacial score (nSPS) is 9.94. The zero-order chi connectivity index (χ0) is 12.4. The Hall–Kier alpha value is -1.42. The van der Waals surface area contributed by atoms with Gasteiger partial charge in [0.25, 0.3) is 0 Å². The van der Waals surface area contributed by atoms with E-state index in [2.05, 4.69) is 6.92 Å². The number of imidazole rings is 1. The number of ketones is 1. The van der Waals surface area contributed by atoms with Gasteiger partial charge in [0.2, 0.25) is 12.1 Å². The van der Waals surface area contributed by atoms with E-state index in [0.717, 1.165) is 11.1 Å². The van der Waals surface area contributed by atoms with Gasteiger partial charge in [-0.1, -0.05) is 12.1 Å². The van der Waals surface area contributed by atoms with Crippen molar-refractivity contribution in [2.75, 3.05) is 0 Å². The molecule has 0 N–H and O–H groups in total. The molecule has 1 aromatic heterocycles. The molecule has 0 aliphatic heterocycles. The van der Waals surface area contributed by atoms with Gasteiger partial charge in [0, 0.05) is 5.56 Å². The van der Waals surface area contributed by atoms with Crippen LogP contribution in [-0.2, 0) is 13.6 Å². The van der Waals surface area contributed by atoms with E-state index in [4.69, 9.17) is 0 Å². The molecule has 1 heterocycles. The highest BCUT2D eigenvalue weighted by molar-refractivity contribution is 5.95. The van der Waals surface area contributed by atoms with Crippen molar-refractivity contribution in [3.05, 3.63) is 53.6 Å². The lowest BCUT2D eigenvalue weighted by molar-refractivity contribution is -0.682. The van der Waals surface area contributed by atoms with Gasteiger partial charge in [-0.05, 0) is 31.0 Å². The first-order chi connectivity index (χ1) is 8.06. The summed E-state index contributed by atoms with van der Waals surface area (Å²) < 4.78 is 3.81. The summed E-state index contributed by atoms with van der Waals surface area (Å²) in [5.41, 5.74) is 3.16. The molecular weight excluding hydrogens is 292 g/mol. The zero-order valence-electron chi connectivity index (χ0n) is 10.9. The third-order valence-corrected chi connectivity index (χ3v) is 2.98. The first-order valence-corrected chi connectivity index (χ1v) is 5.68. The Morgan fingerprint density at radius 3 is 2.56 bits per heavy atom. The van der Waals surface area contributed by atoms with E-state index in [-0.39, 0.29) is 22.8 Å². The molecule has 4 heteroatoms. The molecule has 3 nitrogen and oxygen atoms in total. The van der Waals surface area contributed by atoms with Gasteiger partial charge >= 0.3 is 0 Å². The van der Waals surface area contributed by atoms with E-state index in [9.17, 15) is 4.79 Å². The van der Waals surface area contributed by atoms with Crippen molar-refractivity contribution >= 4 is 5.78 Å². The zero-order valence-corrected chi connectivity index (χ0v) is 12.4. The van der Waals surface area contributed by atoms with Gasteiger partial charge in [-0.3, -0.25) is 4.79 Å². The van der Waals surface area contributed by atoms with Crippen LogP contribution in [0.5, 0.6) is 0 Å². The number of hydrogen-bond acceptors (Lipinski definition) is 1. The minimum absolute atomic E-state index is 0. The van der Waals surface area contributed by atoms with Crippen LogP contribution >= 0.6 is 0 Å². The van der Waals surface area contributed by atoms with Crippen LogP contribution in [-0.4, -0.2) is 10.4 Å². The van der Waals surface area contributed by atoms with E-state index < -0.39 is 0 Å². The number of carbonyl (C=O) groups excluding carboxylic acids is 1. The number of aromatic nitrogens is 2. The maximum Gasteiger partial charge on any atom is 0.243 e. The Bertz CT molecular complexity index is 561. The second-order valence-electron chi connectivity index (χ2n) is 4.47. The summed E-state index contributed by atoms with van der Waals surface area (Å²) in [5, 5.41) is 0. The quantitative estimate of drug-likeness (QED) is 0.518. The highest BCUT2D eigenvalue weighted by atomic mass is 79.9. The van der Waals surface area contributed by atoms with Crippen molar-refractivity contribution in [1.29, 1.82) is 0 Å². The van der Waals surface area contributed by atoms with Crippen molar-refractivity contribution in [3.8, 4) is 0 Å². The molecular formula is C14H17BrN2O. The molecule has 0 saturated carbocycles. The number of halogens is 1. The summed E-state index contributed by atoms with van der Waals surface area (Å²) in [4.78, 5) is 12.1. The fourth-order valence-electron chi connectivity index (χ4n) is 1.77. The van der Waals surface area contributed by atoms with Crippen LogP contribution in [0.3, 0.4) is 0 Å². The van der Waals surface area contributed by atoms with E-state index in [1.54, 1.807) is 0 Å². The lowest BCUT2D eigenvalue weighted by atomic mass is 10.0. The van der Waals surface area contributed by atoms with Gasteiger partial charge in [0.15, 0.2) is 6.54 Å². The smallest absolute Gasteiger partial charge is 0.243 e. The van der Waals surface area contributed by atoms with Crippen LogP contribution < -0.4 is 21.5 Å². The van der Waals surface area contributed by atoms with Crippen LogP contribution in [0.25, 0.3) is 0 Å². The Morgan fingerprint density at radius 2 is 2.00 bits per heavy atom. The fraction of sp³-hybridized carbons (Fsp3) is 0.286. The summed E-state index contributed by atoms with van der Waals surface area (Å²) in [5.74, 6) is 0.143. The average molecular weight is 309 g/mol. The molecule has 0 atom stereocenters. The van der Waals surface area contributed by atoms with Crippen LogP contribution in [0.2, 0.25) is 0 Å². The summed E-state index contributed by atoms with van der Waals surface area (Å²) in [6, 6.07) is 5.85. The fourth-order valence-corrected chi connectivity index (χ4v) is 1.77. The van der Waals surface area contributed by atoms with E-state index in [1.165, 1.54) is 5.56 Å². The molecule has 1 aromatic carbocycles. The number of Topliss-reactive ketones (excluding diaryl/α,β-unsaturated/α-hetero) is 1. The van der Waals surface area contributed by atoms with Crippen molar-refractivity contribution < 1.29 is 26.3 Å². The molecule has 2 aromatic rings. The lowest BCUT2D eigenvalue weighted by Crippen LogP contribution is -3.00. The first kappa shape index (κ1) is 14.6. The summed E-state index contributed by atoms with van der Waals surface area (Å²) in [6.07, 6.45) is 5.73. The number of aryl methyl sites for hydroxylation is 3. The number of rotatable bonds is 3. The van der Waals surface area contributed by atoms with E-state index >= 15 is 0 Å². The number of nitrogens with zero attached hydrogens (tertiary/aromatic N) is 2. The predicted molar refractivity (Wildman–Crippen MR) is 65.9 cm³/mol. The third-order valence-electron chi connectivity index (χ3n) is 2.98. The van der Waals surface area contributed by atoms with Gasteiger partial charge in [-0.15, -0.1) is 0 Å². The van der Waals surface area contributed by atoms with Gasteiger partial charge in [0.05, 0.1) is 7.05 Å². The molecule has 0 bridgehead atoms. The van der Waals surface area contributed by atoms with Crippen molar-refractivity contribution in [1.82, 2.24) is 4.57 Å². The molecule has 0 saturated heterocycles. The SMILES string of the molecule is Cc1ccc(C(=O)C[n+]2ccn(C)c2)cc1C.[Br-]. The van der Waals surface area contributed by atoms with Gasteiger partial charge in [0.1, 0.15) is 12.4 Å². The predicted octanol–water partition coefficient (Wildman–Crippen LogP) is -1.18. The second-order valence-corrected chi connectivity index (χ2v) is 4.47. The standard InChI is InChI=1S/C14H17N2O.BrH/c1-11-4-5-13(8-12(11)2)14(17)9-16-7-6-15(3)10-16;/h4-8,10H,9H2,1-3H3;1H/q+1;/p-1. The Kier molecular flexibility index (Phi) is 4.84. The molecule has 0 unspecified atom stereocenters. The average Bonchev–Trinajstić information content (AvgIpc) is 2.68. The molecule has 18 heavy (non-hydrogen) atoms. The lowest BCUT2D eigenvalue weighted by Gasteiger charge is -2.03. The van der Waals surface area contributed by atoms with Crippen LogP contribution in [0.1, 0.15) is 21.5 Å². The first-order valence-electron chi connectivity index (χ1n) is 5.68. The minimum atomic E-state index is 0. The summed E-state index contributed by atoms with van der Waals surface area (Å²) in [6.45, 7) is 4.47. The van der Waals surface area contributed by atoms with Crippen molar-refractivity contribution in [2.24, 2.45) is 7.05 Å². The molecule has 0 aliphatic rings. The molecule has 0 radical (unpaired) electrons.